The van der Waals surface area contributed by atoms with E-state index in [9.17, 15) is 21.4 Å². The van der Waals surface area contributed by atoms with Gasteiger partial charge in [0, 0.05) is 47.1 Å². The summed E-state index contributed by atoms with van der Waals surface area (Å²) in [6.45, 7) is 8.42. The molecule has 1 N–H and O–H groups in total. The van der Waals surface area contributed by atoms with Crippen molar-refractivity contribution >= 4 is 88.5 Å². The first-order valence-corrected chi connectivity index (χ1v) is 18.8. The highest BCUT2D eigenvalue weighted by Crippen LogP contribution is 2.48. The van der Waals surface area contributed by atoms with Crippen LogP contribution in [0.5, 0.6) is 0 Å². The second kappa shape index (κ2) is 13.7. The van der Waals surface area contributed by atoms with E-state index in [1.54, 1.807) is 24.8 Å². The second-order valence-electron chi connectivity index (χ2n) is 9.95. The van der Waals surface area contributed by atoms with Crippen molar-refractivity contribution < 1.29 is 30.2 Å². The number of anilines is 1. The Morgan fingerprint density at radius 2 is 1.69 bits per heavy atom. The van der Waals surface area contributed by atoms with Gasteiger partial charge in [0.05, 0.1) is 27.3 Å². The van der Waals surface area contributed by atoms with E-state index in [4.69, 9.17) is 27.5 Å². The summed E-state index contributed by atoms with van der Waals surface area (Å²) in [5.41, 5.74) is 1.73. The van der Waals surface area contributed by atoms with Gasteiger partial charge in [-0.2, -0.15) is 30.7 Å². The highest BCUT2D eigenvalue weighted by Gasteiger charge is 2.31. The highest BCUT2D eigenvalue weighted by molar-refractivity contribution is 8.04. The van der Waals surface area contributed by atoms with Gasteiger partial charge in [-0.05, 0) is 50.6 Å². The molecule has 2 aromatic carbocycles. The first-order chi connectivity index (χ1) is 19.7. The van der Waals surface area contributed by atoms with Crippen LogP contribution in [0.3, 0.4) is 0 Å². The first-order valence-electron chi connectivity index (χ1n) is 13.5. The van der Waals surface area contributed by atoms with Crippen LogP contribution in [0, 0.1) is 0 Å². The zero-order valence-electron chi connectivity index (χ0n) is 23.7. The minimum Gasteiger partial charge on any atom is -0.335 e. The van der Waals surface area contributed by atoms with Crippen molar-refractivity contribution in [1.82, 2.24) is 5.06 Å². The molecule has 1 aromatic heterocycles. The van der Waals surface area contributed by atoms with E-state index < -0.39 is 30.7 Å². The van der Waals surface area contributed by atoms with Gasteiger partial charge in [-0.3, -0.25) is 4.55 Å². The number of halogens is 2. The summed E-state index contributed by atoms with van der Waals surface area (Å²) in [4.78, 5) is 3.04. The maximum Gasteiger partial charge on any atom is 0.286 e. The van der Waals surface area contributed by atoms with E-state index >= 15 is 0 Å². The van der Waals surface area contributed by atoms with Crippen LogP contribution in [0.1, 0.15) is 45.5 Å². The molecule has 2 unspecified atom stereocenters. The Hall–Kier alpha value is -1.42. The molecule has 0 saturated heterocycles. The average molecular weight is 696 g/mol. The summed E-state index contributed by atoms with van der Waals surface area (Å²) in [7, 11) is -8.01. The Morgan fingerprint density at radius 1 is 1.02 bits per heavy atom. The molecule has 2 heterocycles. The number of hydrogen-bond acceptors (Lipinski definition) is 9. The number of aryl methyl sites for hydroxylation is 1. The van der Waals surface area contributed by atoms with Crippen molar-refractivity contribution in [3.05, 3.63) is 56.5 Å². The van der Waals surface area contributed by atoms with Crippen molar-refractivity contribution in [2.45, 2.75) is 62.5 Å². The minimum absolute atomic E-state index is 0.201. The molecule has 42 heavy (non-hydrogen) atoms. The largest absolute Gasteiger partial charge is 0.335 e. The van der Waals surface area contributed by atoms with Gasteiger partial charge in [-0.15, -0.1) is 0 Å². The molecule has 4 rings (SSSR count). The molecule has 15 heteroatoms. The van der Waals surface area contributed by atoms with Crippen LogP contribution >= 0.6 is 46.3 Å². The number of rotatable bonds is 13. The summed E-state index contributed by atoms with van der Waals surface area (Å²) in [6, 6.07) is 11.2. The number of nitrogens with zero attached hydrogens (tertiary/aromatic N) is 3. The van der Waals surface area contributed by atoms with Gasteiger partial charge in [0.15, 0.2) is 6.54 Å². The van der Waals surface area contributed by atoms with E-state index in [1.807, 2.05) is 54.8 Å². The van der Waals surface area contributed by atoms with Gasteiger partial charge in [0.1, 0.15) is 4.70 Å². The Balaban J connectivity index is 1.69. The van der Waals surface area contributed by atoms with Gasteiger partial charge in [-0.25, -0.2) is 0 Å². The fourth-order valence-electron chi connectivity index (χ4n) is 4.39. The highest BCUT2D eigenvalue weighted by atomic mass is 35.5. The van der Waals surface area contributed by atoms with Crippen molar-refractivity contribution in [2.24, 2.45) is 0 Å². The Morgan fingerprint density at radius 3 is 2.36 bits per heavy atom. The standard InChI is InChI=1S/C27H33Cl2N3O6S4/c1-5-30(6-2)38-42(36,37)19(4)12-14-32-23-16-21(29)8-10-25(23)40-27(32)17-26-31(13-11-18(3)41(33,34)35)22-15-20(28)7-9-24(22)39-26/h7-10,15-19H,5-6,11-14H2,1-4H3/p+1. The third-order valence-corrected chi connectivity index (χ3v) is 12.7. The number of thiazole rings is 1. The molecule has 0 bridgehead atoms. The predicted molar refractivity (Wildman–Crippen MR) is 172 cm³/mol. The summed E-state index contributed by atoms with van der Waals surface area (Å²) in [5, 5.41) is 2.56. The molecule has 0 fully saturated rings. The molecule has 0 radical (unpaired) electrons. The van der Waals surface area contributed by atoms with Crippen LogP contribution in [0.4, 0.5) is 5.69 Å². The van der Waals surface area contributed by atoms with Gasteiger partial charge >= 0.3 is 0 Å². The monoisotopic (exact) mass is 694 g/mol. The fourth-order valence-corrected chi connectivity index (χ4v) is 8.46. The molecule has 0 spiro atoms. The molecule has 0 amide bonds. The van der Waals surface area contributed by atoms with Crippen molar-refractivity contribution in [1.29, 1.82) is 0 Å². The maximum absolute atomic E-state index is 12.9. The molecule has 230 valence electrons. The lowest BCUT2D eigenvalue weighted by Gasteiger charge is -2.24. The van der Waals surface area contributed by atoms with E-state index in [0.717, 1.165) is 30.8 Å². The van der Waals surface area contributed by atoms with E-state index in [-0.39, 0.29) is 6.42 Å². The van der Waals surface area contributed by atoms with Crippen molar-refractivity contribution in [3.63, 3.8) is 0 Å². The number of hydrogen-bond donors (Lipinski definition) is 1. The van der Waals surface area contributed by atoms with Gasteiger partial charge in [-0.1, -0.05) is 60.1 Å². The number of thioether (sulfide) groups is 1. The summed E-state index contributed by atoms with van der Waals surface area (Å²) >= 11 is 15.8. The maximum atomic E-state index is 12.9. The van der Waals surface area contributed by atoms with Crippen LogP contribution in [0.15, 0.2) is 46.3 Å². The lowest BCUT2D eigenvalue weighted by Crippen LogP contribution is -2.38. The molecule has 2 atom stereocenters. The number of fused-ring (bicyclic) bond motifs is 2. The molecule has 0 saturated carbocycles. The molecule has 3 aromatic rings. The molecular weight excluding hydrogens is 661 g/mol. The van der Waals surface area contributed by atoms with Crippen LogP contribution in [-0.4, -0.2) is 56.6 Å². The van der Waals surface area contributed by atoms with Crippen LogP contribution in [0.25, 0.3) is 16.3 Å². The lowest BCUT2D eigenvalue weighted by molar-refractivity contribution is -0.669. The van der Waals surface area contributed by atoms with Crippen LogP contribution in [0.2, 0.25) is 10.0 Å². The number of hydroxylamine groups is 2. The molecule has 0 aliphatic carbocycles. The Kier molecular flexibility index (Phi) is 10.9. The third kappa shape index (κ3) is 7.80. The second-order valence-corrected chi connectivity index (χ2v) is 16.7. The van der Waals surface area contributed by atoms with Crippen molar-refractivity contribution in [3.8, 4) is 0 Å². The zero-order valence-corrected chi connectivity index (χ0v) is 28.4. The SMILES string of the molecule is CCN(CC)OS(=O)(=O)C(C)CCN1C(=Cc2sc3ccc(Cl)cc3[n+]2CCC(C)S(=O)(=O)O)Sc2ccc(Cl)cc21. The van der Waals surface area contributed by atoms with Gasteiger partial charge < -0.3 is 4.90 Å². The molecule has 1 aliphatic rings. The van der Waals surface area contributed by atoms with E-state index in [2.05, 4.69) is 4.90 Å². The summed E-state index contributed by atoms with van der Waals surface area (Å²) < 4.78 is 67.0. The zero-order chi connectivity index (χ0) is 30.8. The normalized spacial score (nSPS) is 16.5. The Bertz CT molecular complexity index is 1690. The van der Waals surface area contributed by atoms with Gasteiger partial charge in [0.25, 0.3) is 25.2 Å². The molecule has 9 nitrogen and oxygen atoms in total. The van der Waals surface area contributed by atoms with E-state index in [1.165, 1.54) is 23.3 Å². The molecular formula is C27H34Cl2N3O6S4+. The van der Waals surface area contributed by atoms with Gasteiger partial charge in [0.2, 0.25) is 5.52 Å². The fraction of sp³-hybridized carbons (Fsp3) is 0.444. The number of aromatic nitrogens is 1. The Labute approximate surface area is 265 Å². The quantitative estimate of drug-likeness (QED) is 0.123. The smallest absolute Gasteiger partial charge is 0.286 e. The molecule has 1 aliphatic heterocycles. The minimum atomic E-state index is -4.18. The lowest BCUT2D eigenvalue weighted by atomic mass is 10.2. The first kappa shape index (κ1) is 33.5. The van der Waals surface area contributed by atoms with Crippen LogP contribution in [-0.2, 0) is 31.1 Å². The third-order valence-electron chi connectivity index (χ3n) is 7.07. The van der Waals surface area contributed by atoms with Crippen molar-refractivity contribution in [2.75, 3.05) is 24.5 Å². The van der Waals surface area contributed by atoms with E-state index in [0.29, 0.717) is 42.6 Å². The number of benzene rings is 2. The van der Waals surface area contributed by atoms with Crippen LogP contribution < -0.4 is 9.47 Å². The summed E-state index contributed by atoms with van der Waals surface area (Å²) in [6.07, 6.45) is 2.52. The topological polar surface area (TPSA) is 108 Å². The predicted octanol–water partition coefficient (Wildman–Crippen LogP) is 6.45. The average Bonchev–Trinajstić information content (AvgIpc) is 3.44. The summed E-state index contributed by atoms with van der Waals surface area (Å²) in [5.74, 6) is 0.